The monoisotopic (exact) mass is 672 g/mol. The molecule has 2 aromatic heterocycles. The van der Waals surface area contributed by atoms with Gasteiger partial charge in [0.2, 0.25) is 5.91 Å². The molecular weight excluding hydrogens is 624 g/mol. The zero-order valence-corrected chi connectivity index (χ0v) is 28.6. The predicted molar refractivity (Wildman–Crippen MR) is 188 cm³/mol. The van der Waals surface area contributed by atoms with E-state index in [1.54, 1.807) is 0 Å². The molecule has 4 heterocycles. The van der Waals surface area contributed by atoms with Crippen molar-refractivity contribution >= 4 is 35.4 Å². The van der Waals surface area contributed by atoms with Gasteiger partial charge in [0.15, 0.2) is 0 Å². The second-order valence-electron chi connectivity index (χ2n) is 13.1. The molecule has 0 saturated carbocycles. The van der Waals surface area contributed by atoms with Gasteiger partial charge in [-0.2, -0.15) is 0 Å². The molecule has 0 aliphatic carbocycles. The second-order valence-corrected chi connectivity index (χ2v) is 13.1. The lowest BCUT2D eigenvalue weighted by Crippen LogP contribution is -2.54. The van der Waals surface area contributed by atoms with Crippen molar-refractivity contribution in [3.63, 3.8) is 0 Å². The second kappa shape index (κ2) is 16.9. The molecule has 0 spiro atoms. The largest absolute Gasteiger partial charge is 0.480 e. The molecule has 5 N–H and O–H groups in total. The molecular formula is C36H48N8O5. The molecule has 1 fully saturated rings. The fraction of sp³-hybridized carbons (Fsp3) is 0.500. The van der Waals surface area contributed by atoms with Crippen LogP contribution in [0.1, 0.15) is 74.8 Å². The van der Waals surface area contributed by atoms with Crippen molar-refractivity contribution in [2.75, 3.05) is 41.7 Å². The molecule has 13 heteroatoms. The quantitative estimate of drug-likeness (QED) is 0.163. The third-order valence-electron chi connectivity index (χ3n) is 9.02. The van der Waals surface area contributed by atoms with Crippen molar-refractivity contribution in [1.29, 1.82) is 0 Å². The van der Waals surface area contributed by atoms with Crippen LogP contribution in [0.3, 0.4) is 0 Å². The van der Waals surface area contributed by atoms with E-state index in [0.717, 1.165) is 73.8 Å². The van der Waals surface area contributed by atoms with Crippen LogP contribution in [0, 0.1) is 5.92 Å². The number of alkyl carbamates (subject to hydrolysis) is 1. The number of amides is 2. The molecule has 2 amide bonds. The summed E-state index contributed by atoms with van der Waals surface area (Å²) in [6, 6.07) is 11.3. The van der Waals surface area contributed by atoms with Gasteiger partial charge in [0.25, 0.3) is 0 Å². The van der Waals surface area contributed by atoms with Crippen molar-refractivity contribution in [2.45, 2.75) is 83.9 Å². The number of rotatable bonds is 14. The van der Waals surface area contributed by atoms with E-state index in [-0.39, 0.29) is 25.5 Å². The lowest BCUT2D eigenvalue weighted by atomic mass is 9.92. The van der Waals surface area contributed by atoms with Crippen molar-refractivity contribution in [3.8, 4) is 0 Å². The summed E-state index contributed by atoms with van der Waals surface area (Å²) < 4.78 is 5.37. The molecule has 262 valence electrons. The molecule has 0 radical (unpaired) electrons. The average molecular weight is 673 g/mol. The van der Waals surface area contributed by atoms with Crippen molar-refractivity contribution in [2.24, 2.45) is 5.92 Å². The number of carboxylic acids is 1. The topological polar surface area (TPSA) is 171 Å². The maximum atomic E-state index is 13.4. The van der Waals surface area contributed by atoms with E-state index in [4.69, 9.17) is 9.72 Å². The van der Waals surface area contributed by atoms with Crippen LogP contribution in [0.4, 0.5) is 22.2 Å². The summed E-state index contributed by atoms with van der Waals surface area (Å²) in [6.07, 6.45) is 5.67. The number of carboxylic acid groups (broad SMARTS) is 1. The first kappa shape index (κ1) is 35.4. The number of hydrogen-bond donors (Lipinski definition) is 5. The Kier molecular flexibility index (Phi) is 12.2. The molecule has 0 unspecified atom stereocenters. The maximum Gasteiger partial charge on any atom is 0.408 e. The highest BCUT2D eigenvalue weighted by Crippen LogP contribution is 2.33. The van der Waals surface area contributed by atoms with Crippen LogP contribution < -0.4 is 26.2 Å². The van der Waals surface area contributed by atoms with Crippen LogP contribution in [-0.4, -0.2) is 76.3 Å². The van der Waals surface area contributed by atoms with Crippen LogP contribution in [0.15, 0.2) is 48.8 Å². The fourth-order valence-corrected chi connectivity index (χ4v) is 6.39. The highest BCUT2D eigenvalue weighted by molar-refractivity contribution is 5.89. The summed E-state index contributed by atoms with van der Waals surface area (Å²) in [4.78, 5) is 54.5. The minimum atomic E-state index is -1.14. The summed E-state index contributed by atoms with van der Waals surface area (Å²) >= 11 is 0. The Morgan fingerprint density at radius 2 is 1.82 bits per heavy atom. The Balaban J connectivity index is 1.26. The number of piperidine rings is 1. The molecule has 3 aromatic rings. The molecule has 49 heavy (non-hydrogen) atoms. The van der Waals surface area contributed by atoms with Crippen molar-refractivity contribution < 1.29 is 24.2 Å². The normalized spacial score (nSPS) is 15.8. The van der Waals surface area contributed by atoms with Gasteiger partial charge in [-0.15, -0.1) is 0 Å². The highest BCUT2D eigenvalue weighted by atomic mass is 16.5. The van der Waals surface area contributed by atoms with Gasteiger partial charge < -0.3 is 36.0 Å². The zero-order chi connectivity index (χ0) is 34.8. The average Bonchev–Trinajstić information content (AvgIpc) is 3.12. The number of pyridine rings is 1. The number of ether oxygens (including phenoxy) is 1. The Morgan fingerprint density at radius 1 is 1.04 bits per heavy atom. The molecule has 2 aliphatic rings. The van der Waals surface area contributed by atoms with Crippen molar-refractivity contribution in [1.82, 2.24) is 25.6 Å². The molecule has 5 rings (SSSR count). The molecule has 1 aromatic carbocycles. The predicted octanol–water partition coefficient (Wildman–Crippen LogP) is 4.50. The number of aliphatic carboxylic acids is 1. The first-order valence-electron chi connectivity index (χ1n) is 17.3. The molecule has 2 aliphatic heterocycles. The minimum Gasteiger partial charge on any atom is -0.480 e. The molecule has 2 atom stereocenters. The Morgan fingerprint density at radius 3 is 2.53 bits per heavy atom. The first-order chi connectivity index (χ1) is 23.7. The number of aryl methyl sites for hydroxylation is 1. The van der Waals surface area contributed by atoms with E-state index in [1.807, 2.05) is 51.1 Å². The maximum absolute atomic E-state index is 13.4. The SMILES string of the molecule is CCc1c(NC[C@H](NC(=O)OCc2ccccc2)C(=O)N[C@@H](CC(C)C)C(=O)O)ncnc1N1CCC(c2ccc3c(n2)NCCC3)CC1. The number of carbonyl (C=O) groups excluding carboxylic acids is 2. The van der Waals surface area contributed by atoms with E-state index in [0.29, 0.717) is 18.2 Å². The van der Waals surface area contributed by atoms with Gasteiger partial charge >= 0.3 is 12.1 Å². The summed E-state index contributed by atoms with van der Waals surface area (Å²) in [6.45, 7) is 8.34. The Bertz CT molecular complexity index is 1580. The van der Waals surface area contributed by atoms with Gasteiger partial charge in [0.1, 0.15) is 42.5 Å². The number of benzene rings is 1. The van der Waals surface area contributed by atoms with Gasteiger partial charge in [0.05, 0.1) is 0 Å². The number of aromatic nitrogens is 3. The van der Waals surface area contributed by atoms with E-state index < -0.39 is 30.1 Å². The number of carbonyl (C=O) groups is 3. The molecule has 13 nitrogen and oxygen atoms in total. The van der Waals surface area contributed by atoms with E-state index >= 15 is 0 Å². The number of nitrogens with zero attached hydrogens (tertiary/aromatic N) is 4. The molecule has 0 bridgehead atoms. The van der Waals surface area contributed by atoms with Crippen molar-refractivity contribution in [3.05, 3.63) is 71.2 Å². The summed E-state index contributed by atoms with van der Waals surface area (Å²) in [5.41, 5.74) is 4.11. The van der Waals surface area contributed by atoms with E-state index in [9.17, 15) is 19.5 Å². The third kappa shape index (κ3) is 9.58. The summed E-state index contributed by atoms with van der Waals surface area (Å²) in [7, 11) is 0. The zero-order valence-electron chi connectivity index (χ0n) is 28.6. The minimum absolute atomic E-state index is 0.0188. The fourth-order valence-electron chi connectivity index (χ4n) is 6.39. The lowest BCUT2D eigenvalue weighted by molar-refractivity contribution is -0.142. The lowest BCUT2D eigenvalue weighted by Gasteiger charge is -2.34. The number of hydrogen-bond acceptors (Lipinski definition) is 10. The van der Waals surface area contributed by atoms with Crippen LogP contribution in [0.2, 0.25) is 0 Å². The van der Waals surface area contributed by atoms with Crippen LogP contribution in [0.5, 0.6) is 0 Å². The summed E-state index contributed by atoms with van der Waals surface area (Å²) in [5, 5.41) is 21.6. The summed E-state index contributed by atoms with van der Waals surface area (Å²) in [5.74, 6) is 1.02. The van der Waals surface area contributed by atoms with Crippen LogP contribution in [0.25, 0.3) is 0 Å². The van der Waals surface area contributed by atoms with E-state index in [1.165, 1.54) is 11.9 Å². The van der Waals surface area contributed by atoms with Gasteiger partial charge in [-0.25, -0.2) is 24.5 Å². The van der Waals surface area contributed by atoms with Gasteiger partial charge in [0, 0.05) is 43.4 Å². The standard InChI is InChI=1S/C36H48N8O5/c1-4-27-32(39-22-40-33(27)44-17-14-25(15-18-44)28-13-12-26-11-8-16-37-31(26)41-28)38-20-30(34(45)42-29(35(46)47)19-23(2)3)43-36(48)49-21-24-9-6-5-7-10-24/h5-7,9-10,12-13,22-23,25,29-30H,4,8,11,14-21H2,1-3H3,(H,37,41)(H,42,45)(H,43,48)(H,46,47)(H,38,39,40)/t29-,30-/m0/s1. The third-order valence-corrected chi connectivity index (χ3v) is 9.02. The van der Waals surface area contributed by atoms with Gasteiger partial charge in [-0.05, 0) is 61.6 Å². The van der Waals surface area contributed by atoms with Gasteiger partial charge in [-0.3, -0.25) is 4.79 Å². The number of fused-ring (bicyclic) bond motifs is 1. The van der Waals surface area contributed by atoms with E-state index in [2.05, 4.69) is 48.3 Å². The Hall–Kier alpha value is -4.94. The number of nitrogens with one attached hydrogen (secondary N) is 4. The number of anilines is 3. The van der Waals surface area contributed by atoms with Crippen LogP contribution in [-0.2, 0) is 33.8 Å². The van der Waals surface area contributed by atoms with Crippen LogP contribution >= 0.6 is 0 Å². The van der Waals surface area contributed by atoms with Gasteiger partial charge in [-0.1, -0.05) is 57.2 Å². The Labute approximate surface area is 287 Å². The first-order valence-corrected chi connectivity index (χ1v) is 17.3. The smallest absolute Gasteiger partial charge is 0.408 e. The highest BCUT2D eigenvalue weighted by Gasteiger charge is 2.29. The molecule has 1 saturated heterocycles.